The van der Waals surface area contributed by atoms with Crippen molar-refractivity contribution in [2.45, 2.75) is 39.8 Å². The molecule has 0 spiro atoms. The highest BCUT2D eigenvalue weighted by Crippen LogP contribution is 2.26. The Hall–Kier alpha value is -2.22. The van der Waals surface area contributed by atoms with E-state index in [1.807, 2.05) is 24.6 Å². The molecule has 156 valence electrons. The van der Waals surface area contributed by atoms with Crippen molar-refractivity contribution in [2.75, 3.05) is 11.9 Å². The van der Waals surface area contributed by atoms with Crippen LogP contribution in [0.4, 0.5) is 10.1 Å². The van der Waals surface area contributed by atoms with Crippen LogP contribution in [0.2, 0.25) is 0 Å². The summed E-state index contributed by atoms with van der Waals surface area (Å²) in [7, 11) is 0. The first-order valence-electron chi connectivity index (χ1n) is 9.13. The number of anilines is 1. The predicted molar refractivity (Wildman–Crippen MR) is 117 cm³/mol. The number of benzene rings is 1. The lowest BCUT2D eigenvalue weighted by atomic mass is 9.99. The smallest absolute Gasteiger partial charge is 0.257 e. The zero-order valence-corrected chi connectivity index (χ0v) is 18.1. The molecule has 3 aromatic rings. The zero-order valence-electron chi connectivity index (χ0n) is 16.5. The fourth-order valence-electron chi connectivity index (χ4n) is 3.49. The van der Waals surface area contributed by atoms with Crippen molar-refractivity contribution in [2.24, 2.45) is 0 Å². The molecule has 0 atom stereocenters. The molecule has 9 heteroatoms. The largest absolute Gasteiger partial charge is 0.319 e. The zero-order chi connectivity index (χ0) is 19.1. The summed E-state index contributed by atoms with van der Waals surface area (Å²) in [5, 5.41) is 11.1. The van der Waals surface area contributed by atoms with E-state index in [1.54, 1.807) is 25.3 Å². The average Bonchev–Trinajstić information content (AvgIpc) is 3.06. The van der Waals surface area contributed by atoms with Gasteiger partial charge in [-0.3, -0.25) is 4.79 Å². The van der Waals surface area contributed by atoms with Crippen LogP contribution >= 0.6 is 24.8 Å². The molecule has 4 rings (SSSR count). The Kier molecular flexibility index (Phi) is 7.21. The maximum atomic E-state index is 14.8. The molecule has 6 nitrogen and oxygen atoms in total. The first-order chi connectivity index (χ1) is 13.0. The molecule has 1 amide bonds. The Morgan fingerprint density at radius 2 is 2.07 bits per heavy atom. The van der Waals surface area contributed by atoms with E-state index in [1.165, 1.54) is 0 Å². The minimum absolute atomic E-state index is 0. The van der Waals surface area contributed by atoms with E-state index < -0.39 is 0 Å². The number of pyridine rings is 1. The van der Waals surface area contributed by atoms with Gasteiger partial charge in [-0.05, 0) is 57.0 Å². The Morgan fingerprint density at radius 3 is 2.79 bits per heavy atom. The third kappa shape index (κ3) is 4.22. The van der Waals surface area contributed by atoms with Crippen molar-refractivity contribution >= 4 is 47.4 Å². The molecule has 29 heavy (non-hydrogen) atoms. The minimum Gasteiger partial charge on any atom is -0.319 e. The lowest BCUT2D eigenvalue weighted by Crippen LogP contribution is -2.25. The standard InChI is InChI=1S/C20H22FN5O.2ClH/c1-11(2)26-19-14(10-23-26)8-16(12(3)24-19)20(27)25-17-5-4-13-9-22-7-6-15(13)18(17)21;;/h4-5,8,10-11,22H,6-7,9H2,1-3H3,(H,25,27);2*1H. The summed E-state index contributed by atoms with van der Waals surface area (Å²) in [5.74, 6) is -0.714. The number of nitrogens with one attached hydrogen (secondary N) is 2. The summed E-state index contributed by atoms with van der Waals surface area (Å²) in [4.78, 5) is 17.3. The number of nitrogens with zero attached hydrogens (tertiary/aromatic N) is 3. The predicted octanol–water partition coefficient (Wildman–Crippen LogP) is 4.20. The van der Waals surface area contributed by atoms with Crippen molar-refractivity contribution in [3.8, 4) is 0 Å². The van der Waals surface area contributed by atoms with Gasteiger partial charge in [0.15, 0.2) is 5.65 Å². The highest BCUT2D eigenvalue weighted by atomic mass is 35.5. The van der Waals surface area contributed by atoms with Crippen LogP contribution in [0.25, 0.3) is 11.0 Å². The number of fused-ring (bicyclic) bond motifs is 2. The number of aryl methyl sites for hydroxylation is 1. The van der Waals surface area contributed by atoms with Crippen LogP contribution in [0.1, 0.15) is 47.1 Å². The second kappa shape index (κ2) is 9.07. The monoisotopic (exact) mass is 439 g/mol. The molecule has 0 radical (unpaired) electrons. The van der Waals surface area contributed by atoms with Gasteiger partial charge in [0.25, 0.3) is 5.91 Å². The number of carbonyl (C=O) groups is 1. The molecular formula is C20H24Cl2FN5O. The summed E-state index contributed by atoms with van der Waals surface area (Å²) >= 11 is 0. The summed E-state index contributed by atoms with van der Waals surface area (Å²) in [6.45, 7) is 7.22. The van der Waals surface area contributed by atoms with Crippen LogP contribution in [0, 0.1) is 12.7 Å². The van der Waals surface area contributed by atoms with Crippen molar-refractivity contribution in [1.82, 2.24) is 20.1 Å². The molecule has 0 saturated carbocycles. The Labute approximate surface area is 181 Å². The van der Waals surface area contributed by atoms with Gasteiger partial charge in [-0.2, -0.15) is 5.10 Å². The van der Waals surface area contributed by atoms with Crippen LogP contribution in [-0.2, 0) is 13.0 Å². The summed E-state index contributed by atoms with van der Waals surface area (Å²) in [5.41, 5.74) is 3.58. The third-order valence-corrected chi connectivity index (χ3v) is 4.95. The van der Waals surface area contributed by atoms with Crippen molar-refractivity contribution in [1.29, 1.82) is 0 Å². The average molecular weight is 440 g/mol. The molecule has 3 heterocycles. The fourth-order valence-corrected chi connectivity index (χ4v) is 3.49. The van der Waals surface area contributed by atoms with E-state index in [0.29, 0.717) is 29.8 Å². The van der Waals surface area contributed by atoms with Gasteiger partial charge in [0.2, 0.25) is 0 Å². The Bertz CT molecular complexity index is 1050. The second-order valence-corrected chi connectivity index (χ2v) is 7.16. The summed E-state index contributed by atoms with van der Waals surface area (Å²) in [6.07, 6.45) is 2.32. The lowest BCUT2D eigenvalue weighted by Gasteiger charge is -2.19. The number of halogens is 3. The van der Waals surface area contributed by atoms with Crippen LogP contribution < -0.4 is 10.6 Å². The summed E-state index contributed by atoms with van der Waals surface area (Å²) in [6, 6.07) is 5.42. The van der Waals surface area contributed by atoms with Gasteiger partial charge in [-0.25, -0.2) is 14.1 Å². The maximum absolute atomic E-state index is 14.8. The van der Waals surface area contributed by atoms with Gasteiger partial charge < -0.3 is 10.6 Å². The highest BCUT2D eigenvalue weighted by Gasteiger charge is 2.20. The van der Waals surface area contributed by atoms with Gasteiger partial charge in [0, 0.05) is 18.0 Å². The van der Waals surface area contributed by atoms with E-state index in [4.69, 9.17) is 0 Å². The molecule has 0 fully saturated rings. The lowest BCUT2D eigenvalue weighted by molar-refractivity contribution is 0.102. The summed E-state index contributed by atoms with van der Waals surface area (Å²) < 4.78 is 16.6. The molecule has 0 aliphatic carbocycles. The first-order valence-corrected chi connectivity index (χ1v) is 9.13. The Morgan fingerprint density at radius 1 is 1.31 bits per heavy atom. The molecular weight excluding hydrogens is 416 g/mol. The molecule has 1 aromatic carbocycles. The van der Waals surface area contributed by atoms with Gasteiger partial charge in [-0.15, -0.1) is 24.8 Å². The number of carbonyl (C=O) groups excluding carboxylic acids is 1. The topological polar surface area (TPSA) is 71.8 Å². The molecule has 0 saturated heterocycles. The maximum Gasteiger partial charge on any atom is 0.257 e. The minimum atomic E-state index is -0.369. The van der Waals surface area contributed by atoms with Crippen molar-refractivity contribution in [3.63, 3.8) is 0 Å². The van der Waals surface area contributed by atoms with Crippen LogP contribution in [0.5, 0.6) is 0 Å². The number of amides is 1. The number of aromatic nitrogens is 3. The number of hydrogen-bond donors (Lipinski definition) is 2. The van der Waals surface area contributed by atoms with Gasteiger partial charge >= 0.3 is 0 Å². The molecule has 0 bridgehead atoms. The Balaban J connectivity index is 0.00000150. The van der Waals surface area contributed by atoms with Crippen molar-refractivity contribution < 1.29 is 9.18 Å². The molecule has 2 N–H and O–H groups in total. The molecule has 1 aliphatic heterocycles. The van der Waals surface area contributed by atoms with Crippen LogP contribution in [-0.4, -0.2) is 27.2 Å². The SMILES string of the molecule is Cc1nc2c(cnn2C(C)C)cc1C(=O)Nc1ccc2c(c1F)CCNC2.Cl.Cl. The number of hydrogen-bond acceptors (Lipinski definition) is 4. The molecule has 0 unspecified atom stereocenters. The van der Waals surface area contributed by atoms with E-state index in [9.17, 15) is 9.18 Å². The van der Waals surface area contributed by atoms with Crippen LogP contribution in [0.3, 0.4) is 0 Å². The second-order valence-electron chi connectivity index (χ2n) is 7.16. The van der Waals surface area contributed by atoms with E-state index >= 15 is 0 Å². The van der Waals surface area contributed by atoms with Gasteiger partial charge in [0.05, 0.1) is 23.1 Å². The molecule has 2 aromatic heterocycles. The van der Waals surface area contributed by atoms with Gasteiger partial charge in [-0.1, -0.05) is 6.07 Å². The quantitative estimate of drug-likeness (QED) is 0.641. The van der Waals surface area contributed by atoms with E-state index in [0.717, 1.165) is 23.1 Å². The molecule has 1 aliphatic rings. The van der Waals surface area contributed by atoms with Crippen LogP contribution in [0.15, 0.2) is 24.4 Å². The van der Waals surface area contributed by atoms with Gasteiger partial charge in [0.1, 0.15) is 5.82 Å². The normalized spacial score (nSPS) is 12.9. The fraction of sp³-hybridized carbons (Fsp3) is 0.350. The third-order valence-electron chi connectivity index (χ3n) is 4.95. The van der Waals surface area contributed by atoms with E-state index in [2.05, 4.69) is 20.7 Å². The number of rotatable bonds is 3. The van der Waals surface area contributed by atoms with Crippen molar-refractivity contribution in [3.05, 3.63) is 52.6 Å². The highest BCUT2D eigenvalue weighted by molar-refractivity contribution is 6.06. The van der Waals surface area contributed by atoms with E-state index in [-0.39, 0.29) is 48.3 Å². The first kappa shape index (κ1) is 23.1.